The molecule has 0 radical (unpaired) electrons. The van der Waals surface area contributed by atoms with Gasteiger partial charge in [-0.3, -0.25) is 4.79 Å². The number of carbonyl (C=O) groups is 1. The van der Waals surface area contributed by atoms with Crippen LogP contribution in [0.15, 0.2) is 76.1 Å². The first-order valence-electron chi connectivity index (χ1n) is 10.6. The fourth-order valence-corrected chi connectivity index (χ4v) is 5.41. The van der Waals surface area contributed by atoms with Gasteiger partial charge >= 0.3 is 0 Å². The molecule has 0 fully saturated rings. The number of nitrogens with one attached hydrogen (secondary N) is 2. The number of amides is 1. The zero-order chi connectivity index (χ0) is 24.7. The summed E-state index contributed by atoms with van der Waals surface area (Å²) in [4.78, 5) is 13.0. The Morgan fingerprint density at radius 1 is 1.06 bits per heavy atom. The minimum Gasteiger partial charge on any atom is -0.485 e. The lowest BCUT2D eigenvalue weighted by Gasteiger charge is -2.42. The van der Waals surface area contributed by atoms with E-state index in [1.54, 1.807) is 69.3 Å². The molecule has 4 rings (SSSR count). The van der Waals surface area contributed by atoms with Crippen molar-refractivity contribution in [2.75, 3.05) is 5.32 Å². The number of carbonyl (C=O) groups excluding carboxylic acids is 1. The molecule has 0 bridgehead atoms. The number of aliphatic hydroxyl groups is 1. The summed E-state index contributed by atoms with van der Waals surface area (Å²) in [6, 6.07) is 17.4. The Bertz CT molecular complexity index is 1340. The maximum Gasteiger partial charge on any atom is 0.255 e. The first-order valence-corrected chi connectivity index (χ1v) is 12.9. The van der Waals surface area contributed by atoms with Crippen molar-refractivity contribution in [3.63, 3.8) is 0 Å². The number of hydrogen-bond acceptors (Lipinski definition) is 5. The zero-order valence-corrected chi connectivity index (χ0v) is 21.3. The van der Waals surface area contributed by atoms with Crippen LogP contribution in [0, 0.1) is 6.92 Å². The van der Waals surface area contributed by atoms with Gasteiger partial charge in [0.2, 0.25) is 10.0 Å². The van der Waals surface area contributed by atoms with Gasteiger partial charge in [-0.25, -0.2) is 13.1 Å². The van der Waals surface area contributed by atoms with Crippen LogP contribution in [0.3, 0.4) is 0 Å². The smallest absolute Gasteiger partial charge is 0.255 e. The number of ether oxygens (including phenoxy) is 1. The summed E-state index contributed by atoms with van der Waals surface area (Å²) >= 11 is 3.36. The van der Waals surface area contributed by atoms with Gasteiger partial charge in [0.1, 0.15) is 17.5 Å². The van der Waals surface area contributed by atoms with Crippen LogP contribution in [0.2, 0.25) is 0 Å². The molecular formula is C25H25BrN2O5S. The number of aliphatic hydroxyl groups excluding tert-OH is 1. The maximum absolute atomic E-state index is 13.2. The zero-order valence-electron chi connectivity index (χ0n) is 18.9. The lowest BCUT2D eigenvalue weighted by Crippen LogP contribution is -2.53. The van der Waals surface area contributed by atoms with Gasteiger partial charge < -0.3 is 15.2 Å². The van der Waals surface area contributed by atoms with Crippen molar-refractivity contribution < 1.29 is 23.1 Å². The van der Waals surface area contributed by atoms with Crippen molar-refractivity contribution in [1.82, 2.24) is 4.72 Å². The first-order chi connectivity index (χ1) is 16.0. The molecule has 1 aliphatic rings. The molecule has 0 spiro atoms. The van der Waals surface area contributed by atoms with Crippen LogP contribution < -0.4 is 14.8 Å². The number of hydrogen-bond donors (Lipinski definition) is 3. The number of sulfonamides is 1. The molecular weight excluding hydrogens is 520 g/mol. The fourth-order valence-electron chi connectivity index (χ4n) is 3.82. The summed E-state index contributed by atoms with van der Waals surface area (Å²) in [6.07, 6.45) is -1.20. The number of halogens is 1. The largest absolute Gasteiger partial charge is 0.485 e. The van der Waals surface area contributed by atoms with E-state index >= 15 is 0 Å². The molecule has 9 heteroatoms. The molecule has 3 aromatic rings. The summed E-state index contributed by atoms with van der Waals surface area (Å²) in [5.74, 6) is 0.0252. The normalized spacial score (nSPS) is 19.1. The molecule has 3 N–H and O–H groups in total. The molecule has 0 unspecified atom stereocenters. The van der Waals surface area contributed by atoms with E-state index in [2.05, 4.69) is 26.0 Å². The average Bonchev–Trinajstić information content (AvgIpc) is 2.78. The van der Waals surface area contributed by atoms with Gasteiger partial charge in [-0.05, 0) is 80.9 Å². The van der Waals surface area contributed by atoms with E-state index in [4.69, 9.17) is 4.74 Å². The van der Waals surface area contributed by atoms with E-state index < -0.39 is 27.8 Å². The second-order valence-electron chi connectivity index (χ2n) is 8.78. The third-order valence-electron chi connectivity index (χ3n) is 5.69. The van der Waals surface area contributed by atoms with Crippen LogP contribution in [-0.4, -0.2) is 31.1 Å². The van der Waals surface area contributed by atoms with Gasteiger partial charge in [0, 0.05) is 21.3 Å². The molecule has 0 saturated carbocycles. The molecule has 1 aliphatic heterocycles. The molecule has 1 amide bonds. The van der Waals surface area contributed by atoms with E-state index in [1.807, 2.05) is 12.1 Å². The minimum atomic E-state index is -3.96. The van der Waals surface area contributed by atoms with E-state index in [9.17, 15) is 18.3 Å². The van der Waals surface area contributed by atoms with Gasteiger partial charge in [0.25, 0.3) is 5.91 Å². The summed E-state index contributed by atoms with van der Waals surface area (Å²) in [5, 5.41) is 13.9. The van der Waals surface area contributed by atoms with Crippen molar-refractivity contribution in [3.8, 4) is 5.75 Å². The van der Waals surface area contributed by atoms with E-state index in [0.717, 1.165) is 10.0 Å². The molecule has 2 atom stereocenters. The monoisotopic (exact) mass is 544 g/mol. The Morgan fingerprint density at radius 3 is 2.44 bits per heavy atom. The van der Waals surface area contributed by atoms with Crippen molar-refractivity contribution in [2.24, 2.45) is 0 Å². The Kier molecular flexibility index (Phi) is 6.56. The number of benzene rings is 3. The lowest BCUT2D eigenvalue weighted by atomic mass is 9.86. The SMILES string of the molecule is Cc1cccc(S(=O)(=O)N[C@@H]2c3cc(C(=O)Nc4ccc(Br)cc4)ccc3OC(C)(C)[C@H]2O)c1. The Balaban J connectivity index is 1.69. The van der Waals surface area contributed by atoms with Crippen LogP contribution in [0.1, 0.15) is 41.4 Å². The minimum absolute atomic E-state index is 0.0923. The standard InChI is InChI=1S/C25H25BrN2O5S/c1-15-5-4-6-19(13-15)34(31,32)28-22-20-14-16(7-12-21(20)33-25(2,3)23(22)29)24(30)27-18-10-8-17(26)9-11-18/h4-14,22-23,28-29H,1-3H3,(H,27,30)/t22-,23+/m1/s1. The highest BCUT2D eigenvalue weighted by Crippen LogP contribution is 2.41. The highest BCUT2D eigenvalue weighted by Gasteiger charge is 2.44. The summed E-state index contributed by atoms with van der Waals surface area (Å²) in [6.45, 7) is 5.17. The van der Waals surface area contributed by atoms with Gasteiger partial charge in [-0.1, -0.05) is 28.1 Å². The second kappa shape index (κ2) is 9.14. The van der Waals surface area contributed by atoms with Crippen molar-refractivity contribution >= 4 is 37.5 Å². The second-order valence-corrected chi connectivity index (χ2v) is 11.4. The Morgan fingerprint density at radius 2 is 1.76 bits per heavy atom. The van der Waals surface area contributed by atoms with Crippen LogP contribution in [0.4, 0.5) is 5.69 Å². The molecule has 1 heterocycles. The van der Waals surface area contributed by atoms with Gasteiger partial charge in [0.05, 0.1) is 10.9 Å². The molecule has 34 heavy (non-hydrogen) atoms. The third-order valence-corrected chi connectivity index (χ3v) is 7.66. The Hall–Kier alpha value is -2.72. The average molecular weight is 545 g/mol. The third kappa shape index (κ3) is 5.02. The molecule has 178 valence electrons. The maximum atomic E-state index is 13.2. The molecule has 0 aliphatic carbocycles. The summed E-state index contributed by atoms with van der Waals surface area (Å²) in [7, 11) is -3.96. The molecule has 0 aromatic heterocycles. The van der Waals surface area contributed by atoms with E-state index in [0.29, 0.717) is 22.6 Å². The Labute approximate surface area is 207 Å². The predicted molar refractivity (Wildman–Crippen MR) is 133 cm³/mol. The van der Waals surface area contributed by atoms with E-state index in [1.165, 1.54) is 6.07 Å². The van der Waals surface area contributed by atoms with Crippen LogP contribution in [-0.2, 0) is 10.0 Å². The summed E-state index contributed by atoms with van der Waals surface area (Å²) in [5.41, 5.74) is 1.03. The molecule has 3 aromatic carbocycles. The van der Waals surface area contributed by atoms with Gasteiger partial charge in [0.15, 0.2) is 0 Å². The van der Waals surface area contributed by atoms with Crippen LogP contribution >= 0.6 is 15.9 Å². The number of anilines is 1. The number of fused-ring (bicyclic) bond motifs is 1. The fraction of sp³-hybridized carbons (Fsp3) is 0.240. The summed E-state index contributed by atoms with van der Waals surface area (Å²) < 4.78 is 35.8. The highest BCUT2D eigenvalue weighted by molar-refractivity contribution is 9.10. The lowest BCUT2D eigenvalue weighted by molar-refractivity contribution is -0.0603. The topological polar surface area (TPSA) is 105 Å². The quantitative estimate of drug-likeness (QED) is 0.436. The van der Waals surface area contributed by atoms with Crippen molar-refractivity contribution in [1.29, 1.82) is 0 Å². The molecule has 0 saturated heterocycles. The number of rotatable bonds is 5. The van der Waals surface area contributed by atoms with Crippen molar-refractivity contribution in [2.45, 2.75) is 43.4 Å². The van der Waals surface area contributed by atoms with Crippen molar-refractivity contribution in [3.05, 3.63) is 87.9 Å². The molecule has 7 nitrogen and oxygen atoms in total. The van der Waals surface area contributed by atoms with Gasteiger partial charge in [-0.15, -0.1) is 0 Å². The van der Waals surface area contributed by atoms with Crippen LogP contribution in [0.25, 0.3) is 0 Å². The number of aryl methyl sites for hydroxylation is 1. The van der Waals surface area contributed by atoms with Gasteiger partial charge in [-0.2, -0.15) is 0 Å². The predicted octanol–water partition coefficient (Wildman–Crippen LogP) is 4.56. The van der Waals surface area contributed by atoms with Crippen LogP contribution in [0.5, 0.6) is 5.75 Å². The first kappa shape index (κ1) is 24.4. The van der Waals surface area contributed by atoms with E-state index in [-0.39, 0.29) is 10.8 Å². The highest BCUT2D eigenvalue weighted by atomic mass is 79.9.